The highest BCUT2D eigenvalue weighted by molar-refractivity contribution is 5.97. The highest BCUT2D eigenvalue weighted by atomic mass is 16.5. The lowest BCUT2D eigenvalue weighted by Gasteiger charge is -2.28. The molecule has 0 N–H and O–H groups in total. The maximum Gasteiger partial charge on any atom is 0.228 e. The highest BCUT2D eigenvalue weighted by Crippen LogP contribution is 2.44. The topological polar surface area (TPSA) is 82.3 Å². The summed E-state index contributed by atoms with van der Waals surface area (Å²) in [5, 5.41) is 4.57. The third kappa shape index (κ3) is 2.79. The van der Waals surface area contributed by atoms with Crippen molar-refractivity contribution in [2.24, 2.45) is 0 Å². The molecule has 0 saturated carbocycles. The molecule has 1 atom stereocenters. The standard InChI is InChI=1S/C22H17N5O2/c1-13(28)17-14(2)29-22-19(18(17)15-6-4-3-5-7-15)21-25-20(26-27(21)12-24-22)16-8-10-23-11-9-16/h3-12,18H,1-2H3/t18-/m1/s1. The van der Waals surface area contributed by atoms with Crippen LogP contribution in [-0.2, 0) is 4.79 Å². The third-order valence-electron chi connectivity index (χ3n) is 5.04. The number of rotatable bonds is 3. The van der Waals surface area contributed by atoms with Gasteiger partial charge in [-0.2, -0.15) is 0 Å². The summed E-state index contributed by atoms with van der Waals surface area (Å²) in [5.41, 5.74) is 3.78. The number of carbonyl (C=O) groups excluding carboxylic acids is 1. The zero-order valence-electron chi connectivity index (χ0n) is 15.9. The summed E-state index contributed by atoms with van der Waals surface area (Å²) in [4.78, 5) is 25.8. The van der Waals surface area contributed by atoms with Gasteiger partial charge in [-0.1, -0.05) is 30.3 Å². The predicted octanol–water partition coefficient (Wildman–Crippen LogP) is 3.57. The van der Waals surface area contributed by atoms with Crippen LogP contribution in [-0.4, -0.2) is 30.3 Å². The largest absolute Gasteiger partial charge is 0.443 e. The van der Waals surface area contributed by atoms with Crippen molar-refractivity contribution >= 4 is 11.4 Å². The summed E-state index contributed by atoms with van der Waals surface area (Å²) in [7, 11) is 0. The van der Waals surface area contributed by atoms with E-state index in [-0.39, 0.29) is 11.7 Å². The van der Waals surface area contributed by atoms with Crippen LogP contribution in [0.5, 0.6) is 5.88 Å². The van der Waals surface area contributed by atoms with E-state index in [9.17, 15) is 4.79 Å². The Bertz CT molecular complexity index is 1260. The van der Waals surface area contributed by atoms with Crippen molar-refractivity contribution in [3.63, 3.8) is 0 Å². The van der Waals surface area contributed by atoms with Gasteiger partial charge in [0, 0.05) is 29.4 Å². The van der Waals surface area contributed by atoms with Crippen LogP contribution < -0.4 is 4.74 Å². The van der Waals surface area contributed by atoms with Gasteiger partial charge in [0.1, 0.15) is 12.1 Å². The molecule has 4 aromatic rings. The molecule has 0 aliphatic carbocycles. The number of ketones is 1. The van der Waals surface area contributed by atoms with E-state index in [1.807, 2.05) is 42.5 Å². The van der Waals surface area contributed by atoms with E-state index >= 15 is 0 Å². The first-order chi connectivity index (χ1) is 14.1. The molecule has 0 unspecified atom stereocenters. The zero-order valence-corrected chi connectivity index (χ0v) is 15.9. The van der Waals surface area contributed by atoms with Gasteiger partial charge in [-0.05, 0) is 31.5 Å². The van der Waals surface area contributed by atoms with Crippen molar-refractivity contribution in [1.29, 1.82) is 0 Å². The summed E-state index contributed by atoms with van der Waals surface area (Å²) in [6, 6.07) is 13.6. The van der Waals surface area contributed by atoms with Crippen LogP contribution >= 0.6 is 0 Å². The number of fused-ring (bicyclic) bond motifs is 3. The van der Waals surface area contributed by atoms with Gasteiger partial charge in [0.05, 0.1) is 5.56 Å². The minimum atomic E-state index is -0.330. The van der Waals surface area contributed by atoms with Gasteiger partial charge in [-0.15, -0.1) is 5.10 Å². The minimum absolute atomic E-state index is 0.0436. The lowest BCUT2D eigenvalue weighted by molar-refractivity contribution is -0.114. The molecule has 5 rings (SSSR count). The number of nitrogens with zero attached hydrogens (tertiary/aromatic N) is 5. The normalized spacial score (nSPS) is 15.9. The molecule has 1 aromatic carbocycles. The molecule has 7 nitrogen and oxygen atoms in total. The molecule has 0 saturated heterocycles. The molecule has 1 aliphatic rings. The number of ether oxygens (including phenoxy) is 1. The van der Waals surface area contributed by atoms with E-state index in [1.165, 1.54) is 0 Å². The van der Waals surface area contributed by atoms with Crippen molar-refractivity contribution in [1.82, 2.24) is 24.6 Å². The Hall–Kier alpha value is -3.87. The predicted molar refractivity (Wildman–Crippen MR) is 106 cm³/mol. The van der Waals surface area contributed by atoms with Crippen LogP contribution in [0, 0.1) is 0 Å². The van der Waals surface area contributed by atoms with Gasteiger partial charge in [0.2, 0.25) is 5.88 Å². The van der Waals surface area contributed by atoms with Crippen LogP contribution in [0.2, 0.25) is 0 Å². The van der Waals surface area contributed by atoms with Crippen molar-refractivity contribution in [3.05, 3.63) is 83.6 Å². The van der Waals surface area contributed by atoms with E-state index in [4.69, 9.17) is 9.72 Å². The summed E-state index contributed by atoms with van der Waals surface area (Å²) in [6.45, 7) is 3.36. The Labute approximate surface area is 166 Å². The maximum absolute atomic E-state index is 12.6. The number of allylic oxidation sites excluding steroid dienone is 2. The number of benzene rings is 1. The molecule has 1 aliphatic heterocycles. The van der Waals surface area contributed by atoms with Gasteiger partial charge >= 0.3 is 0 Å². The first-order valence-electron chi connectivity index (χ1n) is 9.23. The van der Waals surface area contributed by atoms with Gasteiger partial charge in [-0.25, -0.2) is 14.5 Å². The summed E-state index contributed by atoms with van der Waals surface area (Å²) < 4.78 is 7.57. The summed E-state index contributed by atoms with van der Waals surface area (Å²) >= 11 is 0. The lowest BCUT2D eigenvalue weighted by atomic mass is 9.82. The fourth-order valence-electron chi connectivity index (χ4n) is 3.79. The number of aromatic nitrogens is 5. The molecule has 142 valence electrons. The van der Waals surface area contributed by atoms with E-state index in [1.54, 1.807) is 37.1 Å². The monoisotopic (exact) mass is 383 g/mol. The second kappa shape index (κ2) is 6.63. The Morgan fingerprint density at radius 1 is 1.10 bits per heavy atom. The number of pyridine rings is 1. The summed E-state index contributed by atoms with van der Waals surface area (Å²) in [6.07, 6.45) is 4.98. The average Bonchev–Trinajstić information content (AvgIpc) is 3.18. The number of Topliss-reactive ketones (excluding diaryl/α,β-unsaturated/α-hetero) is 1. The molecule has 7 heteroatoms. The number of hydrogen-bond acceptors (Lipinski definition) is 6. The van der Waals surface area contributed by atoms with Gasteiger partial charge < -0.3 is 4.74 Å². The number of hydrogen-bond donors (Lipinski definition) is 0. The van der Waals surface area contributed by atoms with Crippen LogP contribution in [0.3, 0.4) is 0 Å². The molecule has 0 bridgehead atoms. The van der Waals surface area contributed by atoms with E-state index in [0.29, 0.717) is 28.7 Å². The first-order valence-corrected chi connectivity index (χ1v) is 9.23. The Morgan fingerprint density at radius 2 is 1.86 bits per heavy atom. The fraction of sp³-hybridized carbons (Fsp3) is 0.136. The Morgan fingerprint density at radius 3 is 2.59 bits per heavy atom. The van der Waals surface area contributed by atoms with E-state index in [2.05, 4.69) is 15.1 Å². The Kier molecular flexibility index (Phi) is 3.94. The van der Waals surface area contributed by atoms with E-state index in [0.717, 1.165) is 16.7 Å². The maximum atomic E-state index is 12.6. The number of carbonyl (C=O) groups is 1. The molecular weight excluding hydrogens is 366 g/mol. The third-order valence-corrected chi connectivity index (χ3v) is 5.04. The van der Waals surface area contributed by atoms with Gasteiger partial charge in [-0.3, -0.25) is 9.78 Å². The lowest BCUT2D eigenvalue weighted by Crippen LogP contribution is -2.22. The van der Waals surface area contributed by atoms with Crippen molar-refractivity contribution in [3.8, 4) is 17.3 Å². The Balaban J connectivity index is 1.79. The average molecular weight is 383 g/mol. The summed E-state index contributed by atoms with van der Waals surface area (Å²) in [5.74, 6) is 1.19. The van der Waals surface area contributed by atoms with Crippen LogP contribution in [0.15, 0.2) is 72.5 Å². The molecule has 0 radical (unpaired) electrons. The SMILES string of the molecule is CC(=O)C1=C(C)Oc2ncn3nc(-c4ccncc4)nc3c2[C@@H]1c1ccccc1. The molecule has 29 heavy (non-hydrogen) atoms. The smallest absolute Gasteiger partial charge is 0.228 e. The molecule has 3 aromatic heterocycles. The molecular formula is C22H17N5O2. The van der Waals surface area contributed by atoms with Crippen LogP contribution in [0.25, 0.3) is 17.0 Å². The van der Waals surface area contributed by atoms with Crippen molar-refractivity contribution in [2.75, 3.05) is 0 Å². The highest BCUT2D eigenvalue weighted by Gasteiger charge is 2.35. The first kappa shape index (κ1) is 17.2. The van der Waals surface area contributed by atoms with E-state index < -0.39 is 0 Å². The van der Waals surface area contributed by atoms with Crippen molar-refractivity contribution < 1.29 is 9.53 Å². The molecule has 0 fully saturated rings. The van der Waals surface area contributed by atoms with Crippen LogP contribution in [0.4, 0.5) is 0 Å². The fourth-order valence-corrected chi connectivity index (χ4v) is 3.79. The minimum Gasteiger partial charge on any atom is -0.443 e. The quantitative estimate of drug-likeness (QED) is 0.538. The van der Waals surface area contributed by atoms with Crippen LogP contribution in [0.1, 0.15) is 30.9 Å². The molecule has 0 amide bonds. The second-order valence-corrected chi connectivity index (χ2v) is 6.87. The van der Waals surface area contributed by atoms with Gasteiger partial charge in [0.15, 0.2) is 17.3 Å². The molecule has 0 spiro atoms. The molecule has 4 heterocycles. The zero-order chi connectivity index (χ0) is 20.0. The van der Waals surface area contributed by atoms with Crippen molar-refractivity contribution in [2.45, 2.75) is 19.8 Å². The second-order valence-electron chi connectivity index (χ2n) is 6.87. The van der Waals surface area contributed by atoms with Gasteiger partial charge in [0.25, 0.3) is 0 Å².